The zero-order valence-electron chi connectivity index (χ0n) is 16.3. The molecule has 0 spiro atoms. The molecular weight excluding hydrogens is 378 g/mol. The summed E-state index contributed by atoms with van der Waals surface area (Å²) < 4.78 is 2.06. The molecule has 2 heterocycles. The van der Waals surface area contributed by atoms with Crippen molar-refractivity contribution in [3.63, 3.8) is 0 Å². The lowest BCUT2D eigenvalue weighted by molar-refractivity contribution is 0.799. The lowest BCUT2D eigenvalue weighted by Crippen LogP contribution is -2.10. The summed E-state index contributed by atoms with van der Waals surface area (Å²) in [6.07, 6.45) is 0.980. The Bertz CT molecular complexity index is 1110. The average Bonchev–Trinajstić information content (AvgIpc) is 3.34. The van der Waals surface area contributed by atoms with Gasteiger partial charge in [0.05, 0.1) is 17.3 Å². The van der Waals surface area contributed by atoms with E-state index in [2.05, 4.69) is 83.7 Å². The maximum absolute atomic E-state index is 6.19. The van der Waals surface area contributed by atoms with Gasteiger partial charge in [0.15, 0.2) is 0 Å². The molecule has 1 aliphatic rings. The van der Waals surface area contributed by atoms with Gasteiger partial charge in [0.25, 0.3) is 0 Å². The number of hydrogen-bond acceptors (Lipinski definition) is 2. The minimum Gasteiger partial charge on any atom is -0.369 e. The second kappa shape index (κ2) is 7.41. The lowest BCUT2D eigenvalue weighted by atomic mass is 9.86. The predicted molar refractivity (Wildman–Crippen MR) is 119 cm³/mol. The van der Waals surface area contributed by atoms with Crippen LogP contribution >= 0.6 is 11.6 Å². The highest BCUT2D eigenvalue weighted by Gasteiger charge is 2.30. The Morgan fingerprint density at radius 3 is 2.21 bits per heavy atom. The van der Waals surface area contributed by atoms with Crippen molar-refractivity contribution in [3.05, 3.63) is 112 Å². The third-order valence-corrected chi connectivity index (χ3v) is 5.84. The molecular formula is C25H22ClN3. The second-order valence-corrected chi connectivity index (χ2v) is 7.92. The summed E-state index contributed by atoms with van der Waals surface area (Å²) in [5, 5.41) is 9.46. The van der Waals surface area contributed by atoms with Gasteiger partial charge in [-0.3, -0.25) is 0 Å². The van der Waals surface area contributed by atoms with Crippen LogP contribution in [0.1, 0.15) is 33.9 Å². The molecule has 0 amide bonds. The summed E-state index contributed by atoms with van der Waals surface area (Å²) >= 11 is 6.19. The van der Waals surface area contributed by atoms with Gasteiger partial charge in [0, 0.05) is 17.1 Å². The van der Waals surface area contributed by atoms with E-state index in [-0.39, 0.29) is 5.92 Å². The molecule has 0 unspecified atom stereocenters. The minimum atomic E-state index is 0.0971. The average molecular weight is 400 g/mol. The normalized spacial score (nSPS) is 12.8. The second-order valence-electron chi connectivity index (χ2n) is 7.49. The number of benzene rings is 3. The fraction of sp³-hybridized carbons (Fsp3) is 0.160. The lowest BCUT2D eigenvalue weighted by Gasteiger charge is -2.17. The molecule has 0 saturated heterocycles. The van der Waals surface area contributed by atoms with Crippen molar-refractivity contribution < 1.29 is 0 Å². The quantitative estimate of drug-likeness (QED) is 0.457. The fourth-order valence-corrected chi connectivity index (χ4v) is 4.49. The van der Waals surface area contributed by atoms with Crippen LogP contribution in [0.5, 0.6) is 0 Å². The Hall–Kier alpha value is -3.04. The Morgan fingerprint density at radius 2 is 1.59 bits per heavy atom. The summed E-state index contributed by atoms with van der Waals surface area (Å²) in [4.78, 5) is 0. The molecule has 3 aromatic carbocycles. The topological polar surface area (TPSA) is 29.9 Å². The van der Waals surface area contributed by atoms with E-state index in [1.807, 2.05) is 12.1 Å². The van der Waals surface area contributed by atoms with Gasteiger partial charge < -0.3 is 5.32 Å². The number of halogens is 1. The first-order valence-corrected chi connectivity index (χ1v) is 10.3. The van der Waals surface area contributed by atoms with Crippen molar-refractivity contribution in [1.82, 2.24) is 9.78 Å². The standard InChI is InChI=1S/C25H22ClN3/c1-17-16-20(26)12-13-22(17)29-25-21(14-15-27-25)24(28-29)23(18-8-4-2-5-9-18)19-10-6-3-7-11-19/h2-13,16,23,27H,14-15H2,1H3. The SMILES string of the molecule is Cc1cc(Cl)ccc1-n1nc(C(c2ccccc2)c2ccccc2)c2c1NCC2. The third kappa shape index (κ3) is 3.22. The predicted octanol–water partition coefficient (Wildman–Crippen LogP) is 5.98. The van der Waals surface area contributed by atoms with E-state index in [1.165, 1.54) is 16.7 Å². The highest BCUT2D eigenvalue weighted by molar-refractivity contribution is 6.30. The maximum atomic E-state index is 6.19. The first-order valence-electron chi connectivity index (χ1n) is 9.94. The monoisotopic (exact) mass is 399 g/mol. The Morgan fingerprint density at radius 1 is 0.931 bits per heavy atom. The molecule has 29 heavy (non-hydrogen) atoms. The van der Waals surface area contributed by atoms with Crippen LogP contribution in [0.4, 0.5) is 5.82 Å². The number of aromatic nitrogens is 2. The van der Waals surface area contributed by atoms with Gasteiger partial charge in [-0.2, -0.15) is 5.10 Å². The van der Waals surface area contributed by atoms with E-state index in [9.17, 15) is 0 Å². The number of fused-ring (bicyclic) bond motifs is 1. The molecule has 1 aromatic heterocycles. The molecule has 1 aliphatic heterocycles. The van der Waals surface area contributed by atoms with Crippen LogP contribution in [0.15, 0.2) is 78.9 Å². The summed E-state index contributed by atoms with van der Waals surface area (Å²) in [7, 11) is 0. The number of nitrogens with one attached hydrogen (secondary N) is 1. The van der Waals surface area contributed by atoms with E-state index in [1.54, 1.807) is 0 Å². The minimum absolute atomic E-state index is 0.0971. The van der Waals surface area contributed by atoms with Gasteiger partial charge in [-0.25, -0.2) is 4.68 Å². The number of nitrogens with zero attached hydrogens (tertiary/aromatic N) is 2. The highest BCUT2D eigenvalue weighted by atomic mass is 35.5. The smallest absolute Gasteiger partial charge is 0.133 e. The zero-order valence-corrected chi connectivity index (χ0v) is 17.0. The Labute approximate surface area is 176 Å². The van der Waals surface area contributed by atoms with E-state index in [0.717, 1.165) is 40.8 Å². The molecule has 4 heteroatoms. The van der Waals surface area contributed by atoms with Crippen LogP contribution in [-0.4, -0.2) is 16.3 Å². The van der Waals surface area contributed by atoms with Gasteiger partial charge >= 0.3 is 0 Å². The summed E-state index contributed by atoms with van der Waals surface area (Å²) in [5.74, 6) is 1.20. The highest BCUT2D eigenvalue weighted by Crippen LogP contribution is 2.39. The Balaban J connectivity index is 1.72. The van der Waals surface area contributed by atoms with Gasteiger partial charge in [-0.15, -0.1) is 0 Å². The molecule has 144 valence electrons. The van der Waals surface area contributed by atoms with Crippen LogP contribution in [-0.2, 0) is 6.42 Å². The van der Waals surface area contributed by atoms with Gasteiger partial charge in [0.2, 0.25) is 0 Å². The van der Waals surface area contributed by atoms with Crippen LogP contribution in [0.25, 0.3) is 5.69 Å². The molecule has 0 fully saturated rings. The maximum Gasteiger partial charge on any atom is 0.133 e. The van der Waals surface area contributed by atoms with Crippen LogP contribution in [0.2, 0.25) is 5.02 Å². The molecule has 5 rings (SSSR count). The van der Waals surface area contributed by atoms with Crippen molar-refractivity contribution in [3.8, 4) is 5.69 Å². The zero-order chi connectivity index (χ0) is 19.8. The third-order valence-electron chi connectivity index (χ3n) is 5.61. The van der Waals surface area contributed by atoms with E-state index < -0.39 is 0 Å². The number of hydrogen-bond donors (Lipinski definition) is 1. The molecule has 0 aliphatic carbocycles. The largest absolute Gasteiger partial charge is 0.369 e. The van der Waals surface area contributed by atoms with Crippen molar-refractivity contribution in [1.29, 1.82) is 0 Å². The van der Waals surface area contributed by atoms with Gasteiger partial charge in [-0.05, 0) is 48.2 Å². The molecule has 3 nitrogen and oxygen atoms in total. The van der Waals surface area contributed by atoms with Crippen LogP contribution in [0, 0.1) is 6.92 Å². The first-order chi connectivity index (χ1) is 14.2. The summed E-state index contributed by atoms with van der Waals surface area (Å²) in [6, 6.07) is 27.3. The number of aryl methyl sites for hydroxylation is 1. The summed E-state index contributed by atoms with van der Waals surface area (Å²) in [6.45, 7) is 3.01. The van der Waals surface area contributed by atoms with Crippen molar-refractivity contribution in [2.24, 2.45) is 0 Å². The molecule has 0 radical (unpaired) electrons. The van der Waals surface area contributed by atoms with E-state index in [0.29, 0.717) is 0 Å². The molecule has 4 aromatic rings. The molecule has 0 bridgehead atoms. The molecule has 0 atom stereocenters. The van der Waals surface area contributed by atoms with Crippen molar-refractivity contribution in [2.75, 3.05) is 11.9 Å². The van der Waals surface area contributed by atoms with E-state index in [4.69, 9.17) is 16.7 Å². The van der Waals surface area contributed by atoms with Crippen molar-refractivity contribution in [2.45, 2.75) is 19.3 Å². The van der Waals surface area contributed by atoms with Gasteiger partial charge in [0.1, 0.15) is 5.82 Å². The number of rotatable bonds is 4. The van der Waals surface area contributed by atoms with Gasteiger partial charge in [-0.1, -0.05) is 72.3 Å². The van der Waals surface area contributed by atoms with Crippen LogP contribution in [0.3, 0.4) is 0 Å². The molecule has 0 saturated carbocycles. The summed E-state index contributed by atoms with van der Waals surface area (Å²) in [5.41, 5.74) is 7.11. The molecule has 1 N–H and O–H groups in total. The number of anilines is 1. The first kappa shape index (κ1) is 18.0. The van der Waals surface area contributed by atoms with Crippen molar-refractivity contribution >= 4 is 17.4 Å². The fourth-order valence-electron chi connectivity index (χ4n) is 4.26. The Kier molecular flexibility index (Phi) is 4.61. The van der Waals surface area contributed by atoms with Crippen LogP contribution < -0.4 is 5.32 Å². The van der Waals surface area contributed by atoms with E-state index >= 15 is 0 Å².